The van der Waals surface area contributed by atoms with Crippen molar-refractivity contribution in [2.75, 3.05) is 18.8 Å². The number of fused-ring (bicyclic) bond motifs is 1. The van der Waals surface area contributed by atoms with Gasteiger partial charge in [0, 0.05) is 13.1 Å². The Balaban J connectivity index is 2.17. The fourth-order valence-corrected chi connectivity index (χ4v) is 3.84. The summed E-state index contributed by atoms with van der Waals surface area (Å²) in [5.74, 6) is 0.158. The van der Waals surface area contributed by atoms with E-state index in [0.29, 0.717) is 26.1 Å². The highest BCUT2D eigenvalue weighted by Crippen LogP contribution is 2.20. The van der Waals surface area contributed by atoms with Crippen LogP contribution in [0.4, 0.5) is 0 Å². The summed E-state index contributed by atoms with van der Waals surface area (Å²) < 4.78 is 26.0. The van der Waals surface area contributed by atoms with E-state index in [2.05, 4.69) is 6.07 Å². The van der Waals surface area contributed by atoms with Crippen molar-refractivity contribution >= 4 is 10.0 Å². The Kier molecular flexibility index (Phi) is 4.37. The van der Waals surface area contributed by atoms with Gasteiger partial charge in [-0.1, -0.05) is 24.3 Å². The van der Waals surface area contributed by atoms with E-state index in [0.717, 1.165) is 18.4 Å². The summed E-state index contributed by atoms with van der Waals surface area (Å²) in [6.45, 7) is 1.54. The molecule has 0 amide bonds. The Hall–Kier alpha value is -0.910. The first-order chi connectivity index (χ1) is 8.63. The molecule has 2 rings (SSSR count). The lowest BCUT2D eigenvalue weighted by atomic mass is 10.0. The Labute approximate surface area is 109 Å². The molecule has 100 valence electrons. The van der Waals surface area contributed by atoms with Crippen LogP contribution in [0.5, 0.6) is 0 Å². The molecule has 5 heteroatoms. The molecule has 0 saturated carbocycles. The van der Waals surface area contributed by atoms with Crippen molar-refractivity contribution < 1.29 is 8.42 Å². The molecule has 0 fully saturated rings. The molecule has 1 aromatic carbocycles. The normalized spacial score (nSPS) is 17.2. The van der Waals surface area contributed by atoms with Crippen LogP contribution in [-0.4, -0.2) is 31.6 Å². The van der Waals surface area contributed by atoms with E-state index < -0.39 is 10.0 Å². The minimum atomic E-state index is -3.16. The number of aryl methyl sites for hydroxylation is 1. The van der Waals surface area contributed by atoms with E-state index >= 15 is 0 Å². The van der Waals surface area contributed by atoms with Crippen LogP contribution in [0.25, 0.3) is 0 Å². The summed E-state index contributed by atoms with van der Waals surface area (Å²) >= 11 is 0. The Morgan fingerprint density at radius 2 is 1.94 bits per heavy atom. The second-order valence-corrected chi connectivity index (χ2v) is 6.75. The highest BCUT2D eigenvalue weighted by Gasteiger charge is 2.24. The fourth-order valence-electron chi connectivity index (χ4n) is 2.30. The molecule has 1 aromatic rings. The van der Waals surface area contributed by atoms with E-state index in [4.69, 9.17) is 5.73 Å². The summed E-state index contributed by atoms with van der Waals surface area (Å²) in [6.07, 6.45) is 2.37. The first-order valence-corrected chi connectivity index (χ1v) is 7.99. The third-order valence-electron chi connectivity index (χ3n) is 3.32. The lowest BCUT2D eigenvalue weighted by molar-refractivity contribution is 0.409. The molecule has 18 heavy (non-hydrogen) atoms. The molecule has 0 atom stereocenters. The zero-order valence-electron chi connectivity index (χ0n) is 10.5. The van der Waals surface area contributed by atoms with Crippen LogP contribution in [0.2, 0.25) is 0 Å². The number of rotatable bonds is 4. The van der Waals surface area contributed by atoms with Gasteiger partial charge in [-0.05, 0) is 36.9 Å². The summed E-state index contributed by atoms with van der Waals surface area (Å²) in [7, 11) is -3.16. The standard InChI is InChI=1S/C13H20N2O2S/c14-8-4-10-18(16,17)15-9-3-7-12-5-1-2-6-13(12)11-15/h1-2,5-6H,3-4,7-11,14H2. The average molecular weight is 268 g/mol. The highest BCUT2D eigenvalue weighted by atomic mass is 32.2. The van der Waals surface area contributed by atoms with Crippen molar-refractivity contribution in [3.05, 3.63) is 35.4 Å². The maximum Gasteiger partial charge on any atom is 0.214 e. The largest absolute Gasteiger partial charge is 0.330 e. The number of nitrogens with two attached hydrogens (primary N) is 1. The zero-order chi connectivity index (χ0) is 13.0. The van der Waals surface area contributed by atoms with Crippen LogP contribution < -0.4 is 5.73 Å². The zero-order valence-corrected chi connectivity index (χ0v) is 11.3. The molecule has 2 N–H and O–H groups in total. The summed E-state index contributed by atoms with van der Waals surface area (Å²) in [6, 6.07) is 8.09. The third kappa shape index (κ3) is 3.10. The fraction of sp³-hybridized carbons (Fsp3) is 0.538. The Morgan fingerprint density at radius 1 is 1.22 bits per heavy atom. The van der Waals surface area contributed by atoms with Gasteiger partial charge in [-0.3, -0.25) is 0 Å². The average Bonchev–Trinajstić information content (AvgIpc) is 2.59. The monoisotopic (exact) mass is 268 g/mol. The number of hydrogen-bond donors (Lipinski definition) is 1. The van der Waals surface area contributed by atoms with Crippen molar-refractivity contribution in [3.8, 4) is 0 Å². The lowest BCUT2D eigenvalue weighted by Crippen LogP contribution is -2.33. The van der Waals surface area contributed by atoms with Gasteiger partial charge in [0.2, 0.25) is 10.0 Å². The SMILES string of the molecule is NCCCS(=O)(=O)N1CCCc2ccccc2C1. The van der Waals surface area contributed by atoms with E-state index in [1.807, 2.05) is 18.2 Å². The van der Waals surface area contributed by atoms with Gasteiger partial charge in [0.05, 0.1) is 5.75 Å². The van der Waals surface area contributed by atoms with Crippen LogP contribution in [0.15, 0.2) is 24.3 Å². The van der Waals surface area contributed by atoms with E-state index in [-0.39, 0.29) is 5.75 Å². The molecule has 0 radical (unpaired) electrons. The molecule has 0 aliphatic carbocycles. The van der Waals surface area contributed by atoms with Gasteiger partial charge < -0.3 is 5.73 Å². The van der Waals surface area contributed by atoms with E-state index in [9.17, 15) is 8.42 Å². The molecule has 0 saturated heterocycles. The summed E-state index contributed by atoms with van der Waals surface area (Å²) in [5.41, 5.74) is 7.79. The number of nitrogens with zero attached hydrogens (tertiary/aromatic N) is 1. The van der Waals surface area contributed by atoms with Crippen molar-refractivity contribution in [2.45, 2.75) is 25.8 Å². The predicted molar refractivity (Wildman–Crippen MR) is 72.6 cm³/mol. The van der Waals surface area contributed by atoms with E-state index in [1.54, 1.807) is 4.31 Å². The molecule has 1 heterocycles. The quantitative estimate of drug-likeness (QED) is 0.890. The molecular formula is C13H20N2O2S. The second-order valence-electron chi connectivity index (χ2n) is 4.66. The topological polar surface area (TPSA) is 63.4 Å². The van der Waals surface area contributed by atoms with E-state index in [1.165, 1.54) is 5.56 Å². The molecule has 0 aromatic heterocycles. The van der Waals surface area contributed by atoms with Gasteiger partial charge >= 0.3 is 0 Å². The number of hydrogen-bond acceptors (Lipinski definition) is 3. The van der Waals surface area contributed by atoms with Crippen molar-refractivity contribution in [1.82, 2.24) is 4.31 Å². The molecule has 1 aliphatic heterocycles. The van der Waals surface area contributed by atoms with Gasteiger partial charge in [0.25, 0.3) is 0 Å². The third-order valence-corrected chi connectivity index (χ3v) is 5.22. The van der Waals surface area contributed by atoms with Crippen molar-refractivity contribution in [3.63, 3.8) is 0 Å². The van der Waals surface area contributed by atoms with Crippen LogP contribution in [0, 0.1) is 0 Å². The Morgan fingerprint density at radius 3 is 2.67 bits per heavy atom. The second kappa shape index (κ2) is 5.82. The predicted octanol–water partition coefficient (Wildman–Crippen LogP) is 1.11. The smallest absolute Gasteiger partial charge is 0.214 e. The number of benzene rings is 1. The molecule has 4 nitrogen and oxygen atoms in total. The molecule has 0 spiro atoms. The first-order valence-electron chi connectivity index (χ1n) is 6.38. The lowest BCUT2D eigenvalue weighted by Gasteiger charge is -2.20. The van der Waals surface area contributed by atoms with Gasteiger partial charge in [-0.15, -0.1) is 0 Å². The van der Waals surface area contributed by atoms with Gasteiger partial charge in [0.15, 0.2) is 0 Å². The molecule has 0 bridgehead atoms. The minimum Gasteiger partial charge on any atom is -0.330 e. The highest BCUT2D eigenvalue weighted by molar-refractivity contribution is 7.89. The van der Waals surface area contributed by atoms with Gasteiger partial charge in [0.1, 0.15) is 0 Å². The van der Waals surface area contributed by atoms with Crippen LogP contribution in [0.3, 0.4) is 0 Å². The summed E-state index contributed by atoms with van der Waals surface area (Å²) in [5, 5.41) is 0. The maximum absolute atomic E-state index is 12.2. The Bertz CT molecular complexity index is 499. The summed E-state index contributed by atoms with van der Waals surface area (Å²) in [4.78, 5) is 0. The van der Waals surface area contributed by atoms with Crippen LogP contribution in [-0.2, 0) is 23.0 Å². The molecule has 0 unspecified atom stereocenters. The van der Waals surface area contributed by atoms with Gasteiger partial charge in [-0.25, -0.2) is 8.42 Å². The van der Waals surface area contributed by atoms with Crippen LogP contribution >= 0.6 is 0 Å². The van der Waals surface area contributed by atoms with Crippen LogP contribution in [0.1, 0.15) is 24.0 Å². The maximum atomic E-state index is 12.2. The minimum absolute atomic E-state index is 0.158. The van der Waals surface area contributed by atoms with Gasteiger partial charge in [-0.2, -0.15) is 4.31 Å². The van der Waals surface area contributed by atoms with Crippen molar-refractivity contribution in [1.29, 1.82) is 0 Å². The first kappa shape index (κ1) is 13.5. The molecule has 1 aliphatic rings. The number of sulfonamides is 1. The molecular weight excluding hydrogens is 248 g/mol. The van der Waals surface area contributed by atoms with Crippen molar-refractivity contribution in [2.24, 2.45) is 5.73 Å².